The van der Waals surface area contributed by atoms with Crippen LogP contribution < -0.4 is 16.0 Å². The highest BCUT2D eigenvalue weighted by Gasteiger charge is 2.29. The quantitative estimate of drug-likeness (QED) is 0.687. The van der Waals surface area contributed by atoms with E-state index in [2.05, 4.69) is 16.0 Å². The standard InChI is InChI=1S/C21H22FN3O3/c1-13(14-8-10-16(11-9-14)25-20(27)15-6-7-15)24-19(26)12-23-21(28)17-4-2-3-5-18(17)22/h2-5,8-11,13,15H,6-7,12H2,1H3,(H,23,28)(H,24,26)(H,25,27). The molecule has 2 aromatic carbocycles. The summed E-state index contributed by atoms with van der Waals surface area (Å²) < 4.78 is 13.6. The lowest BCUT2D eigenvalue weighted by Crippen LogP contribution is -2.38. The average Bonchev–Trinajstić information content (AvgIpc) is 3.52. The molecule has 0 aliphatic heterocycles. The number of halogens is 1. The van der Waals surface area contributed by atoms with Gasteiger partial charge in [-0.2, -0.15) is 0 Å². The molecule has 6 nitrogen and oxygen atoms in total. The Bertz CT molecular complexity index is 879. The highest BCUT2D eigenvalue weighted by molar-refractivity contribution is 5.96. The number of anilines is 1. The Morgan fingerprint density at radius 2 is 1.75 bits per heavy atom. The Kier molecular flexibility index (Phi) is 6.03. The second-order valence-electron chi connectivity index (χ2n) is 6.84. The second kappa shape index (κ2) is 8.65. The fourth-order valence-electron chi connectivity index (χ4n) is 2.72. The van der Waals surface area contributed by atoms with Gasteiger partial charge >= 0.3 is 0 Å². The van der Waals surface area contributed by atoms with Crippen LogP contribution in [0.5, 0.6) is 0 Å². The van der Waals surface area contributed by atoms with Crippen molar-refractivity contribution in [3.63, 3.8) is 0 Å². The molecule has 1 unspecified atom stereocenters. The Balaban J connectivity index is 1.47. The van der Waals surface area contributed by atoms with Gasteiger partial charge in [0.15, 0.2) is 0 Å². The SMILES string of the molecule is CC(NC(=O)CNC(=O)c1ccccc1F)c1ccc(NC(=O)C2CC2)cc1. The summed E-state index contributed by atoms with van der Waals surface area (Å²) in [6.45, 7) is 1.56. The van der Waals surface area contributed by atoms with Gasteiger partial charge in [0.1, 0.15) is 5.82 Å². The molecule has 1 saturated carbocycles. The van der Waals surface area contributed by atoms with Gasteiger partial charge in [0.2, 0.25) is 11.8 Å². The fourth-order valence-corrected chi connectivity index (χ4v) is 2.72. The summed E-state index contributed by atoms with van der Waals surface area (Å²) in [7, 11) is 0. The Morgan fingerprint density at radius 1 is 1.07 bits per heavy atom. The van der Waals surface area contributed by atoms with E-state index in [0.717, 1.165) is 24.1 Å². The number of hydrogen-bond donors (Lipinski definition) is 3. The number of amides is 3. The van der Waals surface area contributed by atoms with Crippen molar-refractivity contribution < 1.29 is 18.8 Å². The van der Waals surface area contributed by atoms with Crippen LogP contribution >= 0.6 is 0 Å². The first-order chi connectivity index (χ1) is 13.4. The molecule has 3 N–H and O–H groups in total. The van der Waals surface area contributed by atoms with Gasteiger partial charge in [0.05, 0.1) is 18.2 Å². The second-order valence-corrected chi connectivity index (χ2v) is 6.84. The minimum Gasteiger partial charge on any atom is -0.348 e. The molecule has 1 aliphatic carbocycles. The maximum Gasteiger partial charge on any atom is 0.254 e. The van der Waals surface area contributed by atoms with Crippen molar-refractivity contribution in [2.24, 2.45) is 5.92 Å². The van der Waals surface area contributed by atoms with Crippen molar-refractivity contribution in [3.05, 3.63) is 65.5 Å². The smallest absolute Gasteiger partial charge is 0.254 e. The third-order valence-electron chi connectivity index (χ3n) is 4.53. The highest BCUT2D eigenvalue weighted by atomic mass is 19.1. The summed E-state index contributed by atoms with van der Waals surface area (Å²) in [6, 6.07) is 12.5. The molecule has 1 fully saturated rings. The van der Waals surface area contributed by atoms with Gasteiger partial charge in [-0.15, -0.1) is 0 Å². The van der Waals surface area contributed by atoms with E-state index in [9.17, 15) is 18.8 Å². The highest BCUT2D eigenvalue weighted by Crippen LogP contribution is 2.30. The maximum atomic E-state index is 13.6. The number of benzene rings is 2. The van der Waals surface area contributed by atoms with E-state index in [0.29, 0.717) is 0 Å². The van der Waals surface area contributed by atoms with Crippen LogP contribution in [0.4, 0.5) is 10.1 Å². The largest absolute Gasteiger partial charge is 0.348 e. The van der Waals surface area contributed by atoms with Crippen LogP contribution in [-0.4, -0.2) is 24.3 Å². The van der Waals surface area contributed by atoms with Crippen LogP contribution in [0, 0.1) is 11.7 Å². The Hall–Kier alpha value is -3.22. The van der Waals surface area contributed by atoms with Gasteiger partial charge in [-0.3, -0.25) is 14.4 Å². The molecule has 146 valence electrons. The monoisotopic (exact) mass is 383 g/mol. The predicted molar refractivity (Wildman–Crippen MR) is 103 cm³/mol. The van der Waals surface area contributed by atoms with Crippen molar-refractivity contribution in [1.82, 2.24) is 10.6 Å². The van der Waals surface area contributed by atoms with Crippen molar-refractivity contribution in [2.75, 3.05) is 11.9 Å². The van der Waals surface area contributed by atoms with E-state index in [1.165, 1.54) is 18.2 Å². The van der Waals surface area contributed by atoms with E-state index in [1.54, 1.807) is 18.2 Å². The molecule has 7 heteroatoms. The molecule has 3 amide bonds. The van der Waals surface area contributed by atoms with Crippen LogP contribution in [0.2, 0.25) is 0 Å². The van der Waals surface area contributed by atoms with Crippen molar-refractivity contribution in [1.29, 1.82) is 0 Å². The third kappa shape index (κ3) is 5.16. The van der Waals surface area contributed by atoms with E-state index >= 15 is 0 Å². The van der Waals surface area contributed by atoms with Gasteiger partial charge in [-0.25, -0.2) is 4.39 Å². The first-order valence-corrected chi connectivity index (χ1v) is 9.17. The zero-order valence-corrected chi connectivity index (χ0v) is 15.5. The van der Waals surface area contributed by atoms with E-state index < -0.39 is 11.7 Å². The van der Waals surface area contributed by atoms with Crippen LogP contribution in [-0.2, 0) is 9.59 Å². The van der Waals surface area contributed by atoms with Crippen molar-refractivity contribution in [3.8, 4) is 0 Å². The summed E-state index contributed by atoms with van der Waals surface area (Å²) in [5.74, 6) is -1.49. The Labute approximate surface area is 162 Å². The molecule has 0 heterocycles. The summed E-state index contributed by atoms with van der Waals surface area (Å²) in [5, 5.41) is 8.04. The van der Waals surface area contributed by atoms with Gasteiger partial charge in [0, 0.05) is 11.6 Å². The molecule has 0 saturated heterocycles. The molecular formula is C21H22FN3O3. The third-order valence-corrected chi connectivity index (χ3v) is 4.53. The lowest BCUT2D eigenvalue weighted by molar-refractivity contribution is -0.120. The van der Waals surface area contributed by atoms with Crippen molar-refractivity contribution in [2.45, 2.75) is 25.8 Å². The lowest BCUT2D eigenvalue weighted by atomic mass is 10.1. The molecule has 0 radical (unpaired) electrons. The summed E-state index contributed by atoms with van der Waals surface area (Å²) in [6.07, 6.45) is 1.89. The molecule has 1 atom stereocenters. The van der Waals surface area contributed by atoms with Crippen molar-refractivity contribution >= 4 is 23.4 Å². The van der Waals surface area contributed by atoms with Gasteiger partial charge in [0.25, 0.3) is 5.91 Å². The number of hydrogen-bond acceptors (Lipinski definition) is 3. The number of nitrogens with one attached hydrogen (secondary N) is 3. The molecule has 1 aliphatic rings. The Morgan fingerprint density at radius 3 is 2.39 bits per heavy atom. The van der Waals surface area contributed by atoms with E-state index in [4.69, 9.17) is 0 Å². The molecule has 0 spiro atoms. The number of carbonyl (C=O) groups excluding carboxylic acids is 3. The first-order valence-electron chi connectivity index (χ1n) is 9.17. The predicted octanol–water partition coefficient (Wildman–Crippen LogP) is 2.78. The van der Waals surface area contributed by atoms with Crippen LogP contribution in [0.15, 0.2) is 48.5 Å². The summed E-state index contributed by atoms with van der Waals surface area (Å²) in [5.41, 5.74) is 1.47. The molecule has 3 rings (SSSR count). The van der Waals surface area contributed by atoms with Gasteiger partial charge in [-0.1, -0.05) is 24.3 Å². The van der Waals surface area contributed by atoms with E-state index in [1.807, 2.05) is 19.1 Å². The molecule has 0 bridgehead atoms. The van der Waals surface area contributed by atoms with Crippen LogP contribution in [0.1, 0.15) is 41.7 Å². The summed E-state index contributed by atoms with van der Waals surface area (Å²) in [4.78, 5) is 35.8. The topological polar surface area (TPSA) is 87.3 Å². The minimum absolute atomic E-state index is 0.0414. The first kappa shape index (κ1) is 19.5. The number of rotatable bonds is 7. The molecular weight excluding hydrogens is 361 g/mol. The molecule has 0 aromatic heterocycles. The molecule has 28 heavy (non-hydrogen) atoms. The fraction of sp³-hybridized carbons (Fsp3) is 0.286. The zero-order chi connectivity index (χ0) is 20.1. The molecule has 2 aromatic rings. The minimum atomic E-state index is -0.642. The van der Waals surface area contributed by atoms with Gasteiger partial charge < -0.3 is 16.0 Å². The normalized spacial score (nSPS) is 14.1. The zero-order valence-electron chi connectivity index (χ0n) is 15.5. The lowest BCUT2D eigenvalue weighted by Gasteiger charge is -2.15. The summed E-state index contributed by atoms with van der Waals surface area (Å²) >= 11 is 0. The van der Waals surface area contributed by atoms with Gasteiger partial charge in [-0.05, 0) is 49.6 Å². The van der Waals surface area contributed by atoms with Crippen LogP contribution in [0.3, 0.4) is 0 Å². The van der Waals surface area contributed by atoms with E-state index in [-0.39, 0.29) is 35.9 Å². The average molecular weight is 383 g/mol. The van der Waals surface area contributed by atoms with Crippen LogP contribution in [0.25, 0.3) is 0 Å². The number of carbonyl (C=O) groups is 3. The maximum absolute atomic E-state index is 13.6.